The maximum atomic E-state index is 5.82. The lowest BCUT2D eigenvalue weighted by Gasteiger charge is -2.09. The van der Waals surface area contributed by atoms with Crippen molar-refractivity contribution in [2.75, 3.05) is 5.73 Å². The van der Waals surface area contributed by atoms with E-state index in [1.807, 2.05) is 12.1 Å². The van der Waals surface area contributed by atoms with Gasteiger partial charge in [-0.05, 0) is 23.8 Å². The summed E-state index contributed by atoms with van der Waals surface area (Å²) in [5.41, 5.74) is 6.74. The number of nitrogens with zero attached hydrogens (tertiary/aromatic N) is 3. The van der Waals surface area contributed by atoms with E-state index in [1.165, 1.54) is 5.56 Å². The number of anilines is 1. The van der Waals surface area contributed by atoms with Crippen LogP contribution in [-0.2, 0) is 13.0 Å². The molecule has 1 aromatic heterocycles. The van der Waals surface area contributed by atoms with Gasteiger partial charge >= 0.3 is 0 Å². The molecule has 1 aromatic carbocycles. The summed E-state index contributed by atoms with van der Waals surface area (Å²) in [6, 6.07) is 6.05. The lowest BCUT2D eigenvalue weighted by atomic mass is 10.1. The van der Waals surface area contributed by atoms with E-state index in [4.69, 9.17) is 10.5 Å². The minimum Gasteiger partial charge on any atom is -0.488 e. The van der Waals surface area contributed by atoms with Crippen LogP contribution in [0.3, 0.4) is 0 Å². The minimum atomic E-state index is 0.0976. The first-order chi connectivity index (χ1) is 8.20. The molecule has 17 heavy (non-hydrogen) atoms. The number of rotatable bonds is 2. The number of benzene rings is 1. The molecule has 1 aliphatic rings. The molecule has 88 valence electrons. The van der Waals surface area contributed by atoms with Crippen LogP contribution in [0.1, 0.15) is 5.56 Å². The highest BCUT2D eigenvalue weighted by atomic mass is 79.9. The van der Waals surface area contributed by atoms with Crippen LogP contribution < -0.4 is 10.5 Å². The summed E-state index contributed by atoms with van der Waals surface area (Å²) in [4.78, 5) is 0. The summed E-state index contributed by atoms with van der Waals surface area (Å²) < 4.78 is 8.61. The zero-order valence-electron chi connectivity index (χ0n) is 9.01. The van der Waals surface area contributed by atoms with Gasteiger partial charge in [-0.25, -0.2) is 4.68 Å². The van der Waals surface area contributed by atoms with Crippen molar-refractivity contribution in [1.82, 2.24) is 15.0 Å². The Balaban J connectivity index is 1.74. The maximum absolute atomic E-state index is 5.82. The molecule has 3 rings (SSSR count). The van der Waals surface area contributed by atoms with Gasteiger partial charge in [-0.2, -0.15) is 0 Å². The van der Waals surface area contributed by atoms with Gasteiger partial charge in [0.15, 0.2) is 5.82 Å². The second-order valence-electron chi connectivity index (χ2n) is 4.06. The molecule has 5 nitrogen and oxygen atoms in total. The molecule has 2 N–H and O–H groups in total. The fourth-order valence-electron chi connectivity index (χ4n) is 2.00. The van der Waals surface area contributed by atoms with E-state index in [-0.39, 0.29) is 6.10 Å². The predicted molar refractivity (Wildman–Crippen MR) is 66.7 cm³/mol. The molecule has 0 amide bonds. The van der Waals surface area contributed by atoms with E-state index in [0.717, 1.165) is 16.6 Å². The first-order valence-electron chi connectivity index (χ1n) is 5.31. The number of hydrogen-bond donors (Lipinski definition) is 1. The molecule has 0 radical (unpaired) electrons. The fourth-order valence-corrected chi connectivity index (χ4v) is 2.41. The average molecular weight is 295 g/mol. The van der Waals surface area contributed by atoms with Crippen molar-refractivity contribution in [2.24, 2.45) is 0 Å². The summed E-state index contributed by atoms with van der Waals surface area (Å²) in [7, 11) is 0. The normalized spacial score (nSPS) is 17.8. The Morgan fingerprint density at radius 1 is 1.53 bits per heavy atom. The summed E-state index contributed by atoms with van der Waals surface area (Å²) in [6.07, 6.45) is 2.69. The average Bonchev–Trinajstić information content (AvgIpc) is 2.84. The molecule has 0 fully saturated rings. The lowest BCUT2D eigenvalue weighted by Crippen LogP contribution is -2.21. The predicted octanol–water partition coefficient (Wildman–Crippen LogP) is 1.63. The molecule has 1 unspecified atom stereocenters. The minimum absolute atomic E-state index is 0.0976. The molecule has 0 spiro atoms. The zero-order chi connectivity index (χ0) is 11.8. The van der Waals surface area contributed by atoms with Gasteiger partial charge < -0.3 is 10.5 Å². The second kappa shape index (κ2) is 4.03. The standard InChI is InChI=1S/C11H11BrN4O/c12-8-1-2-10-7(3-8)4-9(17-10)5-16-6-11(13)14-15-16/h1-3,6,9H,4-5,13H2. The van der Waals surface area contributed by atoms with Crippen LogP contribution in [-0.4, -0.2) is 21.1 Å². The molecular formula is C11H11BrN4O. The molecule has 2 aromatic rings. The number of nitrogen functional groups attached to an aromatic ring is 1. The van der Waals surface area contributed by atoms with Crippen molar-refractivity contribution in [3.63, 3.8) is 0 Å². The van der Waals surface area contributed by atoms with Crippen LogP contribution in [0.2, 0.25) is 0 Å². The highest BCUT2D eigenvalue weighted by molar-refractivity contribution is 9.10. The Kier molecular flexibility index (Phi) is 2.51. The number of fused-ring (bicyclic) bond motifs is 1. The van der Waals surface area contributed by atoms with E-state index in [9.17, 15) is 0 Å². The number of ether oxygens (including phenoxy) is 1. The highest BCUT2D eigenvalue weighted by Crippen LogP contribution is 2.31. The van der Waals surface area contributed by atoms with Crippen molar-refractivity contribution in [3.05, 3.63) is 34.4 Å². The number of halogens is 1. The Bertz CT molecular complexity index is 552. The van der Waals surface area contributed by atoms with Crippen molar-refractivity contribution >= 4 is 21.7 Å². The van der Waals surface area contributed by atoms with Gasteiger partial charge in [0.2, 0.25) is 0 Å². The van der Waals surface area contributed by atoms with Crippen LogP contribution in [0, 0.1) is 0 Å². The monoisotopic (exact) mass is 294 g/mol. The van der Waals surface area contributed by atoms with Gasteiger partial charge in [0.1, 0.15) is 11.9 Å². The van der Waals surface area contributed by atoms with Crippen molar-refractivity contribution in [1.29, 1.82) is 0 Å². The van der Waals surface area contributed by atoms with Crippen molar-refractivity contribution in [2.45, 2.75) is 19.1 Å². The quantitative estimate of drug-likeness (QED) is 0.914. The summed E-state index contributed by atoms with van der Waals surface area (Å²) in [5, 5.41) is 7.66. The second-order valence-corrected chi connectivity index (χ2v) is 4.98. The molecule has 0 bridgehead atoms. The zero-order valence-corrected chi connectivity index (χ0v) is 10.6. The number of nitrogens with two attached hydrogens (primary N) is 1. The number of hydrogen-bond acceptors (Lipinski definition) is 4. The van der Waals surface area contributed by atoms with Crippen molar-refractivity contribution < 1.29 is 4.74 Å². The summed E-state index contributed by atoms with van der Waals surface area (Å²) in [5.74, 6) is 1.38. The Hall–Kier alpha value is -1.56. The van der Waals surface area contributed by atoms with Gasteiger partial charge in [-0.3, -0.25) is 0 Å². The van der Waals surface area contributed by atoms with E-state index < -0.39 is 0 Å². The van der Waals surface area contributed by atoms with Gasteiger partial charge in [0.05, 0.1) is 12.7 Å². The van der Waals surface area contributed by atoms with E-state index in [2.05, 4.69) is 32.3 Å². The Labute approximate surface area is 107 Å². The van der Waals surface area contributed by atoms with E-state index in [1.54, 1.807) is 10.9 Å². The molecule has 0 saturated carbocycles. The third kappa shape index (κ3) is 2.12. The summed E-state index contributed by atoms with van der Waals surface area (Å²) >= 11 is 3.46. The third-order valence-electron chi connectivity index (χ3n) is 2.71. The molecule has 2 heterocycles. The van der Waals surface area contributed by atoms with Crippen LogP contribution in [0.5, 0.6) is 5.75 Å². The number of aromatic nitrogens is 3. The molecule has 0 saturated heterocycles. The fraction of sp³-hybridized carbons (Fsp3) is 0.273. The molecule has 0 aliphatic carbocycles. The van der Waals surface area contributed by atoms with Gasteiger partial charge in [0, 0.05) is 10.9 Å². The molecule has 6 heteroatoms. The molecule has 1 atom stereocenters. The van der Waals surface area contributed by atoms with Crippen LogP contribution in [0.15, 0.2) is 28.9 Å². The molecular weight excluding hydrogens is 284 g/mol. The first-order valence-corrected chi connectivity index (χ1v) is 6.11. The van der Waals surface area contributed by atoms with Crippen molar-refractivity contribution in [3.8, 4) is 5.75 Å². The van der Waals surface area contributed by atoms with E-state index >= 15 is 0 Å². The third-order valence-corrected chi connectivity index (χ3v) is 3.20. The lowest BCUT2D eigenvalue weighted by molar-refractivity contribution is 0.202. The van der Waals surface area contributed by atoms with E-state index in [0.29, 0.717) is 12.4 Å². The van der Waals surface area contributed by atoms with Gasteiger partial charge in [-0.15, -0.1) is 5.10 Å². The van der Waals surface area contributed by atoms with Gasteiger partial charge in [-0.1, -0.05) is 21.1 Å². The van der Waals surface area contributed by atoms with Crippen LogP contribution in [0.25, 0.3) is 0 Å². The molecule has 1 aliphatic heterocycles. The van der Waals surface area contributed by atoms with Crippen LogP contribution in [0.4, 0.5) is 5.82 Å². The SMILES string of the molecule is Nc1cn(CC2Cc3cc(Br)ccc3O2)nn1. The Morgan fingerprint density at radius 3 is 3.18 bits per heavy atom. The maximum Gasteiger partial charge on any atom is 0.165 e. The smallest absolute Gasteiger partial charge is 0.165 e. The largest absolute Gasteiger partial charge is 0.488 e. The van der Waals surface area contributed by atoms with Crippen LogP contribution >= 0.6 is 15.9 Å². The summed E-state index contributed by atoms with van der Waals surface area (Å²) in [6.45, 7) is 0.663. The first kappa shape index (κ1) is 10.6. The highest BCUT2D eigenvalue weighted by Gasteiger charge is 2.23. The Morgan fingerprint density at radius 2 is 2.41 bits per heavy atom. The van der Waals surface area contributed by atoms with Gasteiger partial charge in [0.25, 0.3) is 0 Å². The topological polar surface area (TPSA) is 66.0 Å².